The van der Waals surface area contributed by atoms with Gasteiger partial charge in [0.15, 0.2) is 0 Å². The van der Waals surface area contributed by atoms with Gasteiger partial charge in [0.25, 0.3) is 0 Å². The summed E-state index contributed by atoms with van der Waals surface area (Å²) < 4.78 is 4.95. The maximum Gasteiger partial charge on any atom is 0.220 e. The third kappa shape index (κ3) is 5.88. The number of amides is 1. The van der Waals surface area contributed by atoms with Crippen LogP contribution in [0.15, 0.2) is 24.3 Å². The number of hydrogen-bond acceptors (Lipinski definition) is 2. The Bertz CT molecular complexity index is 423. The van der Waals surface area contributed by atoms with Gasteiger partial charge in [-0.3, -0.25) is 4.79 Å². The Morgan fingerprint density at radius 2 is 1.67 bits per heavy atom. The number of carbonyl (C=O) groups excluding carboxylic acids is 1. The Balaban J connectivity index is 2.70. The molecule has 1 aromatic carbocycles. The monoisotopic (exact) mass is 291 g/mol. The lowest BCUT2D eigenvalue weighted by molar-refractivity contribution is -0.121. The molecule has 1 amide bonds. The van der Waals surface area contributed by atoms with E-state index in [0.29, 0.717) is 31.4 Å². The van der Waals surface area contributed by atoms with Gasteiger partial charge in [-0.1, -0.05) is 52.0 Å². The first-order valence-corrected chi connectivity index (χ1v) is 7.81. The molecule has 0 saturated carbocycles. The molecule has 0 fully saturated rings. The van der Waals surface area contributed by atoms with Crippen molar-refractivity contribution >= 4 is 5.91 Å². The molecular weight excluding hydrogens is 262 g/mol. The first-order valence-electron chi connectivity index (χ1n) is 7.81. The highest BCUT2D eigenvalue weighted by molar-refractivity contribution is 5.76. The molecule has 3 nitrogen and oxygen atoms in total. The van der Waals surface area contributed by atoms with Crippen molar-refractivity contribution in [2.45, 2.75) is 46.0 Å². The van der Waals surface area contributed by atoms with Crippen LogP contribution in [0.5, 0.6) is 0 Å². The fourth-order valence-electron chi connectivity index (χ4n) is 2.43. The van der Waals surface area contributed by atoms with Crippen molar-refractivity contribution in [1.82, 2.24) is 5.32 Å². The number of carbonyl (C=O) groups is 1. The fourth-order valence-corrected chi connectivity index (χ4v) is 2.43. The van der Waals surface area contributed by atoms with Crippen molar-refractivity contribution in [1.29, 1.82) is 0 Å². The highest BCUT2D eigenvalue weighted by Crippen LogP contribution is 2.29. The summed E-state index contributed by atoms with van der Waals surface area (Å²) in [6, 6.07) is 8.70. The van der Waals surface area contributed by atoms with E-state index in [1.54, 1.807) is 7.11 Å². The van der Waals surface area contributed by atoms with E-state index in [9.17, 15) is 4.79 Å². The molecule has 0 heterocycles. The minimum atomic E-state index is 0.0960. The zero-order valence-corrected chi connectivity index (χ0v) is 14.0. The molecule has 3 heteroatoms. The first-order chi connectivity index (χ1) is 9.95. The van der Waals surface area contributed by atoms with Crippen LogP contribution in [-0.4, -0.2) is 26.2 Å². The summed E-state index contributed by atoms with van der Waals surface area (Å²) in [6.45, 7) is 9.86. The van der Waals surface area contributed by atoms with Gasteiger partial charge in [-0.15, -0.1) is 0 Å². The summed E-state index contributed by atoms with van der Waals surface area (Å²) >= 11 is 0. The molecule has 0 aliphatic carbocycles. The van der Waals surface area contributed by atoms with Crippen LogP contribution in [0.25, 0.3) is 0 Å². The number of benzene rings is 1. The Morgan fingerprint density at radius 3 is 2.14 bits per heavy atom. The van der Waals surface area contributed by atoms with Crippen LogP contribution < -0.4 is 5.32 Å². The third-order valence-electron chi connectivity index (χ3n) is 3.87. The number of hydrogen-bond donors (Lipinski definition) is 1. The average Bonchev–Trinajstić information content (AvgIpc) is 2.45. The highest BCUT2D eigenvalue weighted by Gasteiger charge is 2.19. The van der Waals surface area contributed by atoms with Crippen LogP contribution in [0.4, 0.5) is 0 Å². The topological polar surface area (TPSA) is 38.3 Å². The van der Waals surface area contributed by atoms with E-state index in [-0.39, 0.29) is 11.8 Å². The predicted octanol–water partition coefficient (Wildman–Crippen LogP) is 3.70. The van der Waals surface area contributed by atoms with E-state index in [4.69, 9.17) is 4.74 Å². The van der Waals surface area contributed by atoms with Crippen LogP contribution in [0.3, 0.4) is 0 Å². The Kier molecular flexibility index (Phi) is 7.44. The predicted molar refractivity (Wildman–Crippen MR) is 87.6 cm³/mol. The van der Waals surface area contributed by atoms with Gasteiger partial charge in [0.05, 0.1) is 6.61 Å². The van der Waals surface area contributed by atoms with Crippen LogP contribution >= 0.6 is 0 Å². The molecule has 0 aliphatic rings. The number of nitrogens with one attached hydrogen (secondary N) is 1. The normalized spacial score (nSPS) is 12.7. The molecular formula is C18H29NO2. The van der Waals surface area contributed by atoms with Crippen molar-refractivity contribution in [3.8, 4) is 0 Å². The minimum Gasteiger partial charge on any atom is -0.383 e. The van der Waals surface area contributed by atoms with Gasteiger partial charge >= 0.3 is 0 Å². The molecule has 0 radical (unpaired) electrons. The summed E-state index contributed by atoms with van der Waals surface area (Å²) in [5.74, 6) is 1.32. The average molecular weight is 291 g/mol. The molecule has 0 saturated heterocycles. The molecule has 1 atom stereocenters. The van der Waals surface area contributed by atoms with Crippen molar-refractivity contribution in [2.24, 2.45) is 5.92 Å². The lowest BCUT2D eigenvalue weighted by Gasteiger charge is -2.21. The van der Waals surface area contributed by atoms with E-state index in [2.05, 4.69) is 57.3 Å². The molecule has 118 valence electrons. The number of methoxy groups -OCH3 is 1. The Hall–Kier alpha value is -1.35. The van der Waals surface area contributed by atoms with Gasteiger partial charge in [0, 0.05) is 20.1 Å². The summed E-state index contributed by atoms with van der Waals surface area (Å²) in [6.07, 6.45) is 0.530. The Morgan fingerprint density at radius 1 is 1.10 bits per heavy atom. The summed E-state index contributed by atoms with van der Waals surface area (Å²) in [5.41, 5.74) is 2.59. The van der Waals surface area contributed by atoms with Crippen molar-refractivity contribution in [3.63, 3.8) is 0 Å². The van der Waals surface area contributed by atoms with Crippen LogP contribution in [-0.2, 0) is 9.53 Å². The van der Waals surface area contributed by atoms with Gasteiger partial charge < -0.3 is 10.1 Å². The third-order valence-corrected chi connectivity index (χ3v) is 3.87. The summed E-state index contributed by atoms with van der Waals surface area (Å²) in [4.78, 5) is 12.0. The van der Waals surface area contributed by atoms with E-state index >= 15 is 0 Å². The van der Waals surface area contributed by atoms with Gasteiger partial charge in [0.1, 0.15) is 0 Å². The second-order valence-electron chi connectivity index (χ2n) is 6.22. The molecule has 21 heavy (non-hydrogen) atoms. The van der Waals surface area contributed by atoms with Gasteiger partial charge in [-0.2, -0.15) is 0 Å². The van der Waals surface area contributed by atoms with Crippen molar-refractivity contribution in [2.75, 3.05) is 20.3 Å². The highest BCUT2D eigenvalue weighted by atomic mass is 16.5. The van der Waals surface area contributed by atoms with Crippen LogP contribution in [0.1, 0.15) is 57.1 Å². The van der Waals surface area contributed by atoms with Gasteiger partial charge in [-0.25, -0.2) is 0 Å². The van der Waals surface area contributed by atoms with Crippen LogP contribution in [0.2, 0.25) is 0 Å². The van der Waals surface area contributed by atoms with Crippen molar-refractivity contribution in [3.05, 3.63) is 35.4 Å². The van der Waals surface area contributed by atoms with E-state index in [0.717, 1.165) is 0 Å². The molecule has 0 bridgehead atoms. The zero-order valence-electron chi connectivity index (χ0n) is 14.0. The molecule has 0 spiro atoms. The minimum absolute atomic E-state index is 0.0960. The largest absolute Gasteiger partial charge is 0.383 e. The lowest BCUT2D eigenvalue weighted by atomic mass is 9.84. The maximum atomic E-state index is 12.0. The second kappa shape index (κ2) is 8.83. The molecule has 1 aromatic rings. The number of ether oxygens (including phenoxy) is 1. The molecule has 1 unspecified atom stereocenters. The second-order valence-corrected chi connectivity index (χ2v) is 6.22. The quantitative estimate of drug-likeness (QED) is 0.742. The summed E-state index contributed by atoms with van der Waals surface area (Å²) in [5, 5.41) is 2.90. The SMILES string of the molecule is COCCNC(=O)CC(c1ccc(C(C)C)cc1)C(C)C. The van der Waals surface area contributed by atoms with Gasteiger partial charge in [-0.05, 0) is 28.9 Å². The number of rotatable bonds is 8. The fraction of sp³-hybridized carbons (Fsp3) is 0.611. The van der Waals surface area contributed by atoms with E-state index in [1.807, 2.05) is 0 Å². The summed E-state index contributed by atoms with van der Waals surface area (Å²) in [7, 11) is 1.64. The maximum absolute atomic E-state index is 12.0. The molecule has 1 N–H and O–H groups in total. The smallest absolute Gasteiger partial charge is 0.220 e. The lowest BCUT2D eigenvalue weighted by Crippen LogP contribution is -2.29. The first kappa shape index (κ1) is 17.7. The molecule has 0 aromatic heterocycles. The standard InChI is InChI=1S/C18H29NO2/c1-13(2)15-6-8-16(9-7-15)17(14(3)4)12-18(20)19-10-11-21-5/h6-9,13-14,17H,10-12H2,1-5H3,(H,19,20). The van der Waals surface area contributed by atoms with E-state index in [1.165, 1.54) is 11.1 Å². The zero-order chi connectivity index (χ0) is 15.8. The van der Waals surface area contributed by atoms with E-state index < -0.39 is 0 Å². The van der Waals surface area contributed by atoms with Crippen LogP contribution in [0, 0.1) is 5.92 Å². The molecule has 0 aliphatic heterocycles. The molecule has 1 rings (SSSR count). The van der Waals surface area contributed by atoms with Crippen molar-refractivity contribution < 1.29 is 9.53 Å². The van der Waals surface area contributed by atoms with Gasteiger partial charge in [0.2, 0.25) is 5.91 Å². The Labute approximate surface area is 129 Å².